The van der Waals surface area contributed by atoms with Crippen LogP contribution < -0.4 is 10.7 Å². The van der Waals surface area contributed by atoms with Crippen molar-refractivity contribution in [1.29, 1.82) is 0 Å². The molecule has 1 N–H and O–H groups in total. The van der Waals surface area contributed by atoms with E-state index in [2.05, 4.69) is 26.2 Å². The normalized spacial score (nSPS) is 10.8. The van der Waals surface area contributed by atoms with Gasteiger partial charge in [-0.05, 0) is 56.7 Å². The zero-order valence-corrected chi connectivity index (χ0v) is 17.9. The summed E-state index contributed by atoms with van der Waals surface area (Å²) in [4.78, 5) is 41.9. The number of ether oxygens (including phenoxy) is 1. The van der Waals surface area contributed by atoms with E-state index in [-0.39, 0.29) is 30.0 Å². The van der Waals surface area contributed by atoms with Crippen LogP contribution in [-0.2, 0) is 16.1 Å². The highest BCUT2D eigenvalue weighted by molar-refractivity contribution is 9.10. The van der Waals surface area contributed by atoms with Crippen LogP contribution in [0.15, 0.2) is 45.8 Å². The van der Waals surface area contributed by atoms with Crippen molar-refractivity contribution in [1.82, 2.24) is 9.55 Å². The van der Waals surface area contributed by atoms with Gasteiger partial charge in [-0.1, -0.05) is 15.9 Å². The number of pyridine rings is 2. The molecule has 1 amide bonds. The van der Waals surface area contributed by atoms with Crippen molar-refractivity contribution in [3.05, 3.63) is 68.0 Å². The van der Waals surface area contributed by atoms with E-state index >= 15 is 0 Å². The molecule has 0 bridgehead atoms. The third-order valence-electron chi connectivity index (χ3n) is 4.31. The smallest absolute Gasteiger partial charge is 0.343 e. The molecule has 8 heteroatoms. The number of benzene rings is 1. The molecule has 0 aliphatic rings. The number of carbonyl (C=O) groups excluding carboxylic acids is 2. The third-order valence-corrected chi connectivity index (χ3v) is 5.20. The molecule has 0 atom stereocenters. The van der Waals surface area contributed by atoms with Crippen molar-refractivity contribution >= 4 is 44.5 Å². The number of nitrogens with one attached hydrogen (secondary N) is 1. The van der Waals surface area contributed by atoms with Crippen molar-refractivity contribution in [3.8, 4) is 0 Å². The van der Waals surface area contributed by atoms with Gasteiger partial charge in [0.2, 0.25) is 11.3 Å². The van der Waals surface area contributed by atoms with Gasteiger partial charge in [-0.15, -0.1) is 0 Å². The number of aryl methyl sites for hydroxylation is 2. The highest BCUT2D eigenvalue weighted by Crippen LogP contribution is 2.20. The second kappa shape index (κ2) is 8.57. The van der Waals surface area contributed by atoms with Gasteiger partial charge < -0.3 is 14.6 Å². The second-order valence-corrected chi connectivity index (χ2v) is 7.41. The van der Waals surface area contributed by atoms with E-state index in [1.54, 1.807) is 32.0 Å². The molecule has 0 aliphatic carbocycles. The Kier molecular flexibility index (Phi) is 6.12. The Morgan fingerprint density at radius 1 is 1.21 bits per heavy atom. The fraction of sp³-hybridized carbons (Fsp3) is 0.238. The van der Waals surface area contributed by atoms with E-state index in [0.29, 0.717) is 17.0 Å². The summed E-state index contributed by atoms with van der Waals surface area (Å²) in [6.07, 6.45) is 1.33. The van der Waals surface area contributed by atoms with Gasteiger partial charge in [0, 0.05) is 22.1 Å². The minimum Gasteiger partial charge on any atom is -0.462 e. The van der Waals surface area contributed by atoms with E-state index in [1.807, 2.05) is 19.1 Å². The SMILES string of the molecule is CCOC(=O)c1cn(CC(=O)Nc2ccc(Br)c(C)c2)c2nc(C)ccc2c1=O. The largest absolute Gasteiger partial charge is 0.462 e. The molecule has 3 rings (SSSR count). The Balaban J connectivity index is 2.00. The van der Waals surface area contributed by atoms with Crippen LogP contribution in [0.2, 0.25) is 0 Å². The third kappa shape index (κ3) is 4.54. The van der Waals surface area contributed by atoms with Crippen LogP contribution in [0.5, 0.6) is 0 Å². The highest BCUT2D eigenvalue weighted by atomic mass is 79.9. The fourth-order valence-electron chi connectivity index (χ4n) is 2.91. The summed E-state index contributed by atoms with van der Waals surface area (Å²) in [7, 11) is 0. The molecule has 0 saturated heterocycles. The number of anilines is 1. The predicted octanol–water partition coefficient (Wildman–Crippen LogP) is 3.59. The second-order valence-electron chi connectivity index (χ2n) is 6.56. The first kappa shape index (κ1) is 20.7. The van der Waals surface area contributed by atoms with Crippen LogP contribution in [0.1, 0.15) is 28.5 Å². The molecule has 2 heterocycles. The summed E-state index contributed by atoms with van der Waals surface area (Å²) in [6, 6.07) is 8.77. The average Bonchev–Trinajstić information content (AvgIpc) is 2.67. The van der Waals surface area contributed by atoms with Crippen LogP contribution in [0, 0.1) is 13.8 Å². The van der Waals surface area contributed by atoms with Gasteiger partial charge in [0.05, 0.1) is 12.0 Å². The van der Waals surface area contributed by atoms with Crippen molar-refractivity contribution in [2.45, 2.75) is 27.3 Å². The summed E-state index contributed by atoms with van der Waals surface area (Å²) in [5.41, 5.74) is 2.07. The summed E-state index contributed by atoms with van der Waals surface area (Å²) in [6.45, 7) is 5.40. The molecule has 2 aromatic heterocycles. The molecule has 0 fully saturated rings. The molecule has 1 aromatic carbocycles. The number of rotatable bonds is 5. The van der Waals surface area contributed by atoms with Crippen molar-refractivity contribution in [3.63, 3.8) is 0 Å². The molecular formula is C21H20BrN3O4. The van der Waals surface area contributed by atoms with Gasteiger partial charge in [0.15, 0.2) is 0 Å². The number of fused-ring (bicyclic) bond motifs is 1. The van der Waals surface area contributed by atoms with E-state index < -0.39 is 11.4 Å². The van der Waals surface area contributed by atoms with E-state index in [0.717, 1.165) is 10.0 Å². The van der Waals surface area contributed by atoms with Crippen LogP contribution in [-0.4, -0.2) is 28.0 Å². The molecular weight excluding hydrogens is 438 g/mol. The maximum absolute atomic E-state index is 12.7. The van der Waals surface area contributed by atoms with Crippen LogP contribution in [0.25, 0.3) is 11.0 Å². The lowest BCUT2D eigenvalue weighted by Gasteiger charge is -2.13. The number of halogens is 1. The Bertz CT molecular complexity index is 1170. The zero-order chi connectivity index (χ0) is 21.1. The Labute approximate surface area is 175 Å². The number of carbonyl (C=O) groups is 2. The van der Waals surface area contributed by atoms with Gasteiger partial charge in [0.1, 0.15) is 17.8 Å². The fourth-order valence-corrected chi connectivity index (χ4v) is 3.16. The number of nitrogens with zero attached hydrogens (tertiary/aromatic N) is 2. The van der Waals surface area contributed by atoms with Crippen LogP contribution >= 0.6 is 15.9 Å². The minimum absolute atomic E-state index is 0.116. The zero-order valence-electron chi connectivity index (χ0n) is 16.3. The molecule has 0 spiro atoms. The first-order valence-electron chi connectivity index (χ1n) is 9.04. The lowest BCUT2D eigenvalue weighted by Crippen LogP contribution is -2.25. The molecule has 29 heavy (non-hydrogen) atoms. The first-order chi connectivity index (χ1) is 13.8. The standard InChI is InChI=1S/C21H20BrN3O4/c1-4-29-21(28)16-10-25(20-15(19(16)27)7-5-13(3)23-20)11-18(26)24-14-6-8-17(22)12(2)9-14/h5-10H,4,11H2,1-3H3,(H,24,26). The van der Waals surface area contributed by atoms with E-state index in [1.165, 1.54) is 10.8 Å². The van der Waals surface area contributed by atoms with E-state index in [9.17, 15) is 14.4 Å². The number of esters is 1. The lowest BCUT2D eigenvalue weighted by atomic mass is 10.2. The van der Waals surface area contributed by atoms with Gasteiger partial charge >= 0.3 is 5.97 Å². The molecule has 0 unspecified atom stereocenters. The molecule has 0 aliphatic heterocycles. The molecule has 0 saturated carbocycles. The van der Waals surface area contributed by atoms with E-state index in [4.69, 9.17) is 4.74 Å². The van der Waals surface area contributed by atoms with Crippen LogP contribution in [0.3, 0.4) is 0 Å². The maximum atomic E-state index is 12.7. The van der Waals surface area contributed by atoms with Gasteiger partial charge in [-0.2, -0.15) is 0 Å². The minimum atomic E-state index is -0.724. The van der Waals surface area contributed by atoms with Crippen LogP contribution in [0.4, 0.5) is 5.69 Å². The summed E-state index contributed by atoms with van der Waals surface area (Å²) >= 11 is 3.43. The number of amides is 1. The van der Waals surface area contributed by atoms with Gasteiger partial charge in [-0.3, -0.25) is 9.59 Å². The summed E-state index contributed by atoms with van der Waals surface area (Å²) < 4.78 is 7.43. The number of aromatic nitrogens is 2. The monoisotopic (exact) mass is 457 g/mol. The van der Waals surface area contributed by atoms with Gasteiger partial charge in [-0.25, -0.2) is 9.78 Å². The maximum Gasteiger partial charge on any atom is 0.343 e. The Morgan fingerprint density at radius 3 is 2.66 bits per heavy atom. The molecule has 150 valence electrons. The molecule has 3 aromatic rings. The van der Waals surface area contributed by atoms with Crippen molar-refractivity contribution in [2.75, 3.05) is 11.9 Å². The Morgan fingerprint density at radius 2 is 1.97 bits per heavy atom. The number of hydrogen-bond acceptors (Lipinski definition) is 5. The quantitative estimate of drug-likeness (QED) is 0.591. The van der Waals surface area contributed by atoms with Crippen molar-refractivity contribution in [2.24, 2.45) is 0 Å². The summed E-state index contributed by atoms with van der Waals surface area (Å²) in [5.74, 6) is -1.03. The Hall–Kier alpha value is -3.00. The highest BCUT2D eigenvalue weighted by Gasteiger charge is 2.18. The predicted molar refractivity (Wildman–Crippen MR) is 114 cm³/mol. The summed E-state index contributed by atoms with van der Waals surface area (Å²) in [5, 5.41) is 3.08. The first-order valence-corrected chi connectivity index (χ1v) is 9.83. The number of hydrogen-bond donors (Lipinski definition) is 1. The topological polar surface area (TPSA) is 90.3 Å². The van der Waals surface area contributed by atoms with Crippen molar-refractivity contribution < 1.29 is 14.3 Å². The molecule has 7 nitrogen and oxygen atoms in total. The molecule has 0 radical (unpaired) electrons. The average molecular weight is 458 g/mol. The lowest BCUT2D eigenvalue weighted by molar-refractivity contribution is -0.116. The van der Waals surface area contributed by atoms with Gasteiger partial charge in [0.25, 0.3) is 0 Å².